The van der Waals surface area contributed by atoms with Crippen molar-refractivity contribution in [2.45, 2.75) is 12.7 Å². The lowest BCUT2D eigenvalue weighted by atomic mass is 10.1. The maximum absolute atomic E-state index is 12.9. The quantitative estimate of drug-likeness (QED) is 0.679. The van der Waals surface area contributed by atoms with Gasteiger partial charge in [-0.15, -0.1) is 0 Å². The van der Waals surface area contributed by atoms with Crippen molar-refractivity contribution in [2.75, 3.05) is 5.32 Å². The van der Waals surface area contributed by atoms with Gasteiger partial charge in [0.25, 0.3) is 5.91 Å². The summed E-state index contributed by atoms with van der Waals surface area (Å²) < 4.78 is 38.6. The van der Waals surface area contributed by atoms with Crippen molar-refractivity contribution in [1.82, 2.24) is 10.3 Å². The highest BCUT2D eigenvalue weighted by molar-refractivity contribution is 6.00. The molecule has 3 aromatic rings. The van der Waals surface area contributed by atoms with Crippen molar-refractivity contribution in [3.63, 3.8) is 0 Å². The Morgan fingerprint density at radius 3 is 2.44 bits per heavy atom. The third-order valence-electron chi connectivity index (χ3n) is 3.84. The molecular formula is C20H16F3N3O. The second kappa shape index (κ2) is 7.90. The van der Waals surface area contributed by atoms with Crippen LogP contribution in [0.1, 0.15) is 21.5 Å². The van der Waals surface area contributed by atoms with E-state index in [0.29, 0.717) is 17.8 Å². The van der Waals surface area contributed by atoms with Gasteiger partial charge in [-0.1, -0.05) is 18.2 Å². The first-order valence-electron chi connectivity index (χ1n) is 8.14. The minimum Gasteiger partial charge on any atom is -0.355 e. The van der Waals surface area contributed by atoms with Gasteiger partial charge in [-0.05, 0) is 48.0 Å². The van der Waals surface area contributed by atoms with Crippen LogP contribution in [0.15, 0.2) is 73.1 Å². The first-order valence-corrected chi connectivity index (χ1v) is 8.14. The molecule has 1 heterocycles. The summed E-state index contributed by atoms with van der Waals surface area (Å²) in [5.74, 6) is -0.332. The summed E-state index contributed by atoms with van der Waals surface area (Å²) in [4.78, 5) is 16.4. The highest BCUT2D eigenvalue weighted by Gasteiger charge is 2.30. The summed E-state index contributed by atoms with van der Waals surface area (Å²) >= 11 is 0. The van der Waals surface area contributed by atoms with Gasteiger partial charge < -0.3 is 10.6 Å². The van der Waals surface area contributed by atoms with E-state index in [2.05, 4.69) is 15.6 Å². The first kappa shape index (κ1) is 18.4. The van der Waals surface area contributed by atoms with Crippen molar-refractivity contribution >= 4 is 17.3 Å². The zero-order valence-electron chi connectivity index (χ0n) is 14.1. The van der Waals surface area contributed by atoms with E-state index in [1.807, 2.05) is 0 Å². The van der Waals surface area contributed by atoms with Crippen LogP contribution in [0.25, 0.3) is 0 Å². The Morgan fingerprint density at radius 1 is 0.963 bits per heavy atom. The molecular weight excluding hydrogens is 355 g/mol. The van der Waals surface area contributed by atoms with E-state index >= 15 is 0 Å². The van der Waals surface area contributed by atoms with Gasteiger partial charge in [-0.3, -0.25) is 9.78 Å². The van der Waals surface area contributed by atoms with Crippen LogP contribution < -0.4 is 10.6 Å². The zero-order valence-corrected chi connectivity index (χ0v) is 14.1. The minimum atomic E-state index is -4.43. The number of benzene rings is 2. The van der Waals surface area contributed by atoms with Crippen LogP contribution in [0.3, 0.4) is 0 Å². The number of alkyl halides is 3. The molecule has 138 valence electrons. The Balaban J connectivity index is 1.77. The molecule has 7 heteroatoms. The van der Waals surface area contributed by atoms with Crippen molar-refractivity contribution in [3.05, 3.63) is 89.7 Å². The topological polar surface area (TPSA) is 54.0 Å². The molecule has 0 saturated heterocycles. The number of carbonyl (C=O) groups excluding carboxylic acids is 1. The summed E-state index contributed by atoms with van der Waals surface area (Å²) in [6, 6.07) is 15.1. The Hall–Kier alpha value is -3.35. The van der Waals surface area contributed by atoms with Crippen LogP contribution >= 0.6 is 0 Å². The predicted octanol–water partition coefficient (Wildman–Crippen LogP) is 4.77. The van der Waals surface area contributed by atoms with E-state index in [0.717, 1.165) is 17.7 Å². The number of hydrogen-bond acceptors (Lipinski definition) is 3. The van der Waals surface area contributed by atoms with Crippen LogP contribution in [-0.2, 0) is 12.7 Å². The van der Waals surface area contributed by atoms with Gasteiger partial charge in [-0.2, -0.15) is 13.2 Å². The first-order chi connectivity index (χ1) is 12.9. The van der Waals surface area contributed by atoms with E-state index in [1.165, 1.54) is 12.1 Å². The predicted molar refractivity (Wildman–Crippen MR) is 96.6 cm³/mol. The van der Waals surface area contributed by atoms with Gasteiger partial charge in [0.05, 0.1) is 16.8 Å². The molecule has 0 bridgehead atoms. The maximum atomic E-state index is 12.9. The number of para-hydroxylation sites is 1. The summed E-state index contributed by atoms with van der Waals surface area (Å²) in [6.07, 6.45) is -1.17. The molecule has 4 nitrogen and oxygen atoms in total. The molecule has 1 amide bonds. The van der Waals surface area contributed by atoms with Gasteiger partial charge >= 0.3 is 6.18 Å². The molecule has 0 aliphatic rings. The molecule has 0 aliphatic carbocycles. The van der Waals surface area contributed by atoms with E-state index < -0.39 is 11.7 Å². The molecule has 1 aromatic heterocycles. The number of nitrogens with zero attached hydrogens (tertiary/aromatic N) is 1. The smallest absolute Gasteiger partial charge is 0.355 e. The molecule has 2 N–H and O–H groups in total. The average molecular weight is 371 g/mol. The molecule has 0 atom stereocenters. The van der Waals surface area contributed by atoms with Crippen molar-refractivity contribution in [1.29, 1.82) is 0 Å². The molecule has 0 fully saturated rings. The van der Waals surface area contributed by atoms with E-state index in [9.17, 15) is 18.0 Å². The SMILES string of the molecule is O=C(NCc1ccncc1)c1ccccc1Nc1cccc(C(F)(F)F)c1. The monoisotopic (exact) mass is 371 g/mol. The fraction of sp³-hybridized carbons (Fsp3) is 0.100. The maximum Gasteiger partial charge on any atom is 0.416 e. The normalized spacial score (nSPS) is 11.1. The summed E-state index contributed by atoms with van der Waals surface area (Å²) in [5, 5.41) is 5.68. The van der Waals surface area contributed by atoms with Gasteiger partial charge in [0.1, 0.15) is 0 Å². The minimum absolute atomic E-state index is 0.249. The molecule has 0 radical (unpaired) electrons. The number of anilines is 2. The highest BCUT2D eigenvalue weighted by atomic mass is 19.4. The number of aromatic nitrogens is 1. The molecule has 0 aliphatic heterocycles. The highest BCUT2D eigenvalue weighted by Crippen LogP contribution is 2.31. The van der Waals surface area contributed by atoms with Crippen LogP contribution in [-0.4, -0.2) is 10.9 Å². The number of halogens is 3. The van der Waals surface area contributed by atoms with Crippen LogP contribution in [0.5, 0.6) is 0 Å². The molecule has 0 unspecified atom stereocenters. The fourth-order valence-electron chi connectivity index (χ4n) is 2.50. The third kappa shape index (κ3) is 4.84. The number of hydrogen-bond donors (Lipinski definition) is 2. The third-order valence-corrected chi connectivity index (χ3v) is 3.84. The van der Waals surface area contributed by atoms with Gasteiger partial charge in [-0.25, -0.2) is 0 Å². The molecule has 0 spiro atoms. The lowest BCUT2D eigenvalue weighted by Crippen LogP contribution is -2.23. The molecule has 3 rings (SSSR count). The standard InChI is InChI=1S/C20H16F3N3O/c21-20(22,23)15-4-3-5-16(12-15)26-18-7-2-1-6-17(18)19(27)25-13-14-8-10-24-11-9-14/h1-12,26H,13H2,(H,25,27). The molecule has 27 heavy (non-hydrogen) atoms. The Kier molecular flexibility index (Phi) is 5.40. The summed E-state index contributed by atoms with van der Waals surface area (Å²) in [7, 11) is 0. The van der Waals surface area contributed by atoms with Gasteiger partial charge in [0.2, 0.25) is 0 Å². The lowest BCUT2D eigenvalue weighted by molar-refractivity contribution is -0.137. The number of nitrogens with one attached hydrogen (secondary N) is 2. The van der Waals surface area contributed by atoms with Crippen molar-refractivity contribution in [3.8, 4) is 0 Å². The molecule has 0 saturated carbocycles. The number of rotatable bonds is 5. The fourth-order valence-corrected chi connectivity index (χ4v) is 2.50. The Labute approximate surface area is 154 Å². The number of amides is 1. The summed E-state index contributed by atoms with van der Waals surface area (Å²) in [6.45, 7) is 0.319. The summed E-state index contributed by atoms with van der Waals surface area (Å²) in [5.41, 5.74) is 1.14. The van der Waals surface area contributed by atoms with Gasteiger partial charge in [0, 0.05) is 24.6 Å². The van der Waals surface area contributed by atoms with Crippen LogP contribution in [0.4, 0.5) is 24.5 Å². The van der Waals surface area contributed by atoms with Crippen LogP contribution in [0.2, 0.25) is 0 Å². The van der Waals surface area contributed by atoms with E-state index in [-0.39, 0.29) is 11.6 Å². The zero-order chi connectivity index (χ0) is 19.3. The number of carbonyl (C=O) groups is 1. The van der Waals surface area contributed by atoms with Crippen molar-refractivity contribution in [2.24, 2.45) is 0 Å². The van der Waals surface area contributed by atoms with E-state index in [1.54, 1.807) is 48.8 Å². The Bertz CT molecular complexity index is 927. The van der Waals surface area contributed by atoms with Crippen molar-refractivity contribution < 1.29 is 18.0 Å². The van der Waals surface area contributed by atoms with Gasteiger partial charge in [0.15, 0.2) is 0 Å². The second-order valence-electron chi connectivity index (χ2n) is 5.79. The second-order valence-corrected chi connectivity index (χ2v) is 5.79. The lowest BCUT2D eigenvalue weighted by Gasteiger charge is -2.14. The largest absolute Gasteiger partial charge is 0.416 e. The van der Waals surface area contributed by atoms with Crippen LogP contribution in [0, 0.1) is 0 Å². The number of pyridine rings is 1. The molecule has 2 aromatic carbocycles. The Morgan fingerprint density at radius 2 is 1.70 bits per heavy atom. The van der Waals surface area contributed by atoms with E-state index in [4.69, 9.17) is 0 Å². The average Bonchev–Trinajstić information content (AvgIpc) is 2.67.